The fourth-order valence-electron chi connectivity index (χ4n) is 2.06. The Morgan fingerprint density at radius 2 is 1.54 bits per heavy atom. The van der Waals surface area contributed by atoms with Crippen molar-refractivity contribution in [2.75, 3.05) is 0 Å². The van der Waals surface area contributed by atoms with Crippen LogP contribution in [0.5, 0.6) is 23.3 Å². The molecule has 5 nitrogen and oxygen atoms in total. The van der Waals surface area contributed by atoms with Crippen molar-refractivity contribution in [1.29, 1.82) is 5.26 Å². The number of alkyl halides is 3. The third kappa shape index (κ3) is 4.82. The van der Waals surface area contributed by atoms with Crippen molar-refractivity contribution in [2.24, 2.45) is 0 Å². The molecule has 142 valence electrons. The Kier molecular flexibility index (Phi) is 5.58. The van der Waals surface area contributed by atoms with Crippen LogP contribution in [0.1, 0.15) is 11.3 Å². The summed E-state index contributed by atoms with van der Waals surface area (Å²) in [5.41, 5.74) is -0.987. The van der Waals surface area contributed by atoms with Gasteiger partial charge in [-0.15, -0.1) is 0 Å². The van der Waals surface area contributed by atoms with Crippen LogP contribution in [-0.2, 0) is 6.18 Å². The van der Waals surface area contributed by atoms with E-state index in [1.54, 1.807) is 0 Å². The smallest absolute Gasteiger partial charge is 0.433 e. The molecular formula is C18H8Cl2F3N3O2. The zero-order chi connectivity index (χ0) is 20.3. The van der Waals surface area contributed by atoms with Crippen LogP contribution >= 0.6 is 23.2 Å². The van der Waals surface area contributed by atoms with Crippen LogP contribution in [0.2, 0.25) is 10.0 Å². The first-order chi connectivity index (χ1) is 13.2. The van der Waals surface area contributed by atoms with Gasteiger partial charge in [0.1, 0.15) is 17.2 Å². The van der Waals surface area contributed by atoms with E-state index in [1.807, 2.05) is 6.07 Å². The minimum absolute atomic E-state index is 0.0162. The molecule has 2 aromatic heterocycles. The number of nitrogens with zero attached hydrogens (tertiary/aromatic N) is 3. The molecule has 2 heterocycles. The highest BCUT2D eigenvalue weighted by Gasteiger charge is 2.32. The van der Waals surface area contributed by atoms with Crippen LogP contribution in [0.3, 0.4) is 0 Å². The summed E-state index contributed by atoms with van der Waals surface area (Å²) >= 11 is 11.8. The quantitative estimate of drug-likeness (QED) is 0.493. The number of halogens is 5. The van der Waals surface area contributed by atoms with Crippen molar-refractivity contribution < 1.29 is 22.6 Å². The Morgan fingerprint density at radius 3 is 2.11 bits per heavy atom. The van der Waals surface area contributed by atoms with E-state index in [4.69, 9.17) is 37.9 Å². The first kappa shape index (κ1) is 19.7. The Hall–Kier alpha value is -3.02. The summed E-state index contributed by atoms with van der Waals surface area (Å²) in [6.07, 6.45) is -3.66. The van der Waals surface area contributed by atoms with E-state index in [-0.39, 0.29) is 28.1 Å². The van der Waals surface area contributed by atoms with Crippen LogP contribution in [0.4, 0.5) is 13.2 Å². The van der Waals surface area contributed by atoms with E-state index in [0.717, 1.165) is 12.3 Å². The van der Waals surface area contributed by atoms with E-state index in [2.05, 4.69) is 9.97 Å². The van der Waals surface area contributed by atoms with Crippen molar-refractivity contribution in [2.45, 2.75) is 6.18 Å². The molecule has 0 radical (unpaired) electrons. The Labute approximate surface area is 166 Å². The molecule has 0 amide bonds. The first-order valence-corrected chi connectivity index (χ1v) is 8.26. The second kappa shape index (κ2) is 7.92. The molecule has 0 atom stereocenters. The van der Waals surface area contributed by atoms with Gasteiger partial charge in [0.15, 0.2) is 0 Å². The van der Waals surface area contributed by atoms with Crippen LogP contribution in [0.25, 0.3) is 0 Å². The normalized spacial score (nSPS) is 11.0. The molecule has 0 bridgehead atoms. The van der Waals surface area contributed by atoms with Crippen molar-refractivity contribution in [3.63, 3.8) is 0 Å². The number of rotatable bonds is 4. The van der Waals surface area contributed by atoms with Gasteiger partial charge in [0.25, 0.3) is 0 Å². The zero-order valence-corrected chi connectivity index (χ0v) is 15.2. The second-order valence-electron chi connectivity index (χ2n) is 5.30. The van der Waals surface area contributed by atoms with Crippen molar-refractivity contribution >= 4 is 23.2 Å². The molecule has 0 saturated heterocycles. The highest BCUT2D eigenvalue weighted by atomic mass is 35.5. The third-order valence-electron chi connectivity index (χ3n) is 3.27. The number of hydrogen-bond acceptors (Lipinski definition) is 5. The lowest BCUT2D eigenvalue weighted by atomic mass is 10.3. The van der Waals surface area contributed by atoms with E-state index < -0.39 is 11.9 Å². The SMILES string of the molecule is N#Cc1cc(Oc2ccnc(C(F)(F)F)c2)nc(Oc2ccc(Cl)c(Cl)c2)c1. The minimum atomic E-state index is -4.62. The maximum absolute atomic E-state index is 12.8. The summed E-state index contributed by atoms with van der Waals surface area (Å²) < 4.78 is 49.2. The Bertz CT molecular complexity index is 1070. The number of pyridine rings is 2. The van der Waals surface area contributed by atoms with E-state index >= 15 is 0 Å². The van der Waals surface area contributed by atoms with Crippen LogP contribution in [0, 0.1) is 11.3 Å². The van der Waals surface area contributed by atoms with Gasteiger partial charge in [-0.25, -0.2) is 0 Å². The Balaban J connectivity index is 1.89. The predicted octanol–water partition coefficient (Wildman–Crippen LogP) is 6.26. The number of benzene rings is 1. The van der Waals surface area contributed by atoms with Gasteiger partial charge in [-0.1, -0.05) is 23.2 Å². The molecule has 0 unspecified atom stereocenters. The van der Waals surface area contributed by atoms with Gasteiger partial charge in [0.05, 0.1) is 21.7 Å². The monoisotopic (exact) mass is 425 g/mol. The molecule has 0 aliphatic heterocycles. The molecular weight excluding hydrogens is 418 g/mol. The molecule has 0 fully saturated rings. The van der Waals surface area contributed by atoms with Crippen LogP contribution < -0.4 is 9.47 Å². The highest BCUT2D eigenvalue weighted by Crippen LogP contribution is 2.33. The average Bonchev–Trinajstić information content (AvgIpc) is 2.64. The number of nitriles is 1. The lowest BCUT2D eigenvalue weighted by Gasteiger charge is -2.11. The van der Waals surface area contributed by atoms with Gasteiger partial charge in [-0.05, 0) is 18.2 Å². The maximum Gasteiger partial charge on any atom is 0.433 e. The molecule has 10 heteroatoms. The van der Waals surface area contributed by atoms with Gasteiger partial charge in [-0.3, -0.25) is 4.98 Å². The standard InChI is InChI=1S/C18H8Cl2F3N3O2/c19-13-2-1-11(7-14(13)20)27-16-5-10(9-24)6-17(26-16)28-12-3-4-25-15(8-12)18(21,22)23/h1-8H. The summed E-state index contributed by atoms with van der Waals surface area (Å²) in [6, 6.07) is 10.9. The van der Waals surface area contributed by atoms with Gasteiger partial charge >= 0.3 is 6.18 Å². The number of ether oxygens (including phenoxy) is 2. The van der Waals surface area contributed by atoms with Gasteiger partial charge in [0, 0.05) is 30.5 Å². The zero-order valence-electron chi connectivity index (χ0n) is 13.7. The number of aromatic nitrogens is 2. The van der Waals surface area contributed by atoms with Crippen molar-refractivity contribution in [1.82, 2.24) is 9.97 Å². The van der Waals surface area contributed by atoms with Crippen molar-refractivity contribution in [3.8, 4) is 29.3 Å². The topological polar surface area (TPSA) is 68.0 Å². The molecule has 0 spiro atoms. The molecule has 1 aromatic carbocycles. The first-order valence-electron chi connectivity index (χ1n) is 7.51. The van der Waals surface area contributed by atoms with Crippen LogP contribution in [0.15, 0.2) is 48.7 Å². The van der Waals surface area contributed by atoms with E-state index in [9.17, 15) is 13.2 Å². The molecule has 0 saturated carbocycles. The molecule has 3 rings (SSSR count). The summed E-state index contributed by atoms with van der Waals surface area (Å²) in [7, 11) is 0. The molecule has 0 aliphatic rings. The second-order valence-corrected chi connectivity index (χ2v) is 6.11. The van der Waals surface area contributed by atoms with Gasteiger partial charge < -0.3 is 9.47 Å². The van der Waals surface area contributed by atoms with E-state index in [0.29, 0.717) is 10.8 Å². The lowest BCUT2D eigenvalue weighted by Crippen LogP contribution is -2.07. The molecule has 0 N–H and O–H groups in total. The fourth-order valence-corrected chi connectivity index (χ4v) is 2.35. The Morgan fingerprint density at radius 1 is 0.893 bits per heavy atom. The number of hydrogen-bond donors (Lipinski definition) is 0. The summed E-state index contributed by atoms with van der Waals surface area (Å²) in [5, 5.41) is 9.75. The summed E-state index contributed by atoms with van der Waals surface area (Å²) in [5.74, 6) is 0.00239. The third-order valence-corrected chi connectivity index (χ3v) is 4.00. The predicted molar refractivity (Wildman–Crippen MR) is 94.8 cm³/mol. The summed E-state index contributed by atoms with van der Waals surface area (Å²) in [4.78, 5) is 7.29. The maximum atomic E-state index is 12.8. The van der Waals surface area contributed by atoms with Gasteiger partial charge in [-0.2, -0.15) is 23.4 Å². The fraction of sp³-hybridized carbons (Fsp3) is 0.0556. The van der Waals surface area contributed by atoms with E-state index in [1.165, 1.54) is 36.4 Å². The lowest BCUT2D eigenvalue weighted by molar-refractivity contribution is -0.141. The highest BCUT2D eigenvalue weighted by molar-refractivity contribution is 6.42. The minimum Gasteiger partial charge on any atom is -0.439 e. The van der Waals surface area contributed by atoms with Gasteiger partial charge in [0.2, 0.25) is 11.8 Å². The molecule has 3 aromatic rings. The summed E-state index contributed by atoms with van der Waals surface area (Å²) in [6.45, 7) is 0. The van der Waals surface area contributed by atoms with Crippen LogP contribution in [-0.4, -0.2) is 9.97 Å². The van der Waals surface area contributed by atoms with Crippen molar-refractivity contribution in [3.05, 3.63) is 70.0 Å². The largest absolute Gasteiger partial charge is 0.439 e. The molecule has 28 heavy (non-hydrogen) atoms. The average molecular weight is 426 g/mol. The molecule has 0 aliphatic carbocycles.